The molecule has 1 aliphatic carbocycles. The molecular formula is C18H22N2O2S. The minimum atomic E-state index is -3.47. The van der Waals surface area contributed by atoms with E-state index >= 15 is 0 Å². The summed E-state index contributed by atoms with van der Waals surface area (Å²) in [4.78, 5) is 0.339. The van der Waals surface area contributed by atoms with Crippen molar-refractivity contribution in [3.05, 3.63) is 65.7 Å². The molecule has 3 rings (SSSR count). The zero-order valence-corrected chi connectivity index (χ0v) is 14.0. The third-order valence-corrected chi connectivity index (χ3v) is 7.32. The van der Waals surface area contributed by atoms with Crippen molar-refractivity contribution in [2.24, 2.45) is 16.9 Å². The van der Waals surface area contributed by atoms with E-state index in [2.05, 4.69) is 0 Å². The molecule has 0 bridgehead atoms. The predicted octanol–water partition coefficient (Wildman–Crippen LogP) is 1.84. The Bertz CT molecular complexity index is 782. The van der Waals surface area contributed by atoms with Gasteiger partial charge in [0.2, 0.25) is 0 Å². The van der Waals surface area contributed by atoms with E-state index in [4.69, 9.17) is 11.5 Å². The Hall–Kier alpha value is -1.69. The van der Waals surface area contributed by atoms with Crippen molar-refractivity contribution in [2.45, 2.75) is 23.0 Å². The van der Waals surface area contributed by atoms with Crippen LogP contribution in [0.25, 0.3) is 0 Å². The van der Waals surface area contributed by atoms with Gasteiger partial charge in [-0.25, -0.2) is 8.42 Å². The molecule has 2 aromatic carbocycles. The number of hydrogen-bond donors (Lipinski definition) is 2. The molecule has 0 saturated heterocycles. The molecule has 1 saturated carbocycles. The zero-order valence-electron chi connectivity index (χ0n) is 13.1. The standard InChI is InChI=1S/C18H22N2O2S/c1-13-7-9-14(10-8-13)16-17(18(16,11-19)12-20)23(21,22)15-5-3-2-4-6-15/h2-10,16-17H,11-12,19-20H2,1H3/t16-,17+/m0/s1. The van der Waals surface area contributed by atoms with Crippen molar-refractivity contribution in [2.75, 3.05) is 13.1 Å². The van der Waals surface area contributed by atoms with Crippen LogP contribution < -0.4 is 11.5 Å². The highest BCUT2D eigenvalue weighted by Gasteiger charge is 2.69. The molecule has 0 radical (unpaired) electrons. The summed E-state index contributed by atoms with van der Waals surface area (Å²) >= 11 is 0. The molecule has 1 aliphatic rings. The fraction of sp³-hybridized carbons (Fsp3) is 0.333. The van der Waals surface area contributed by atoms with Gasteiger partial charge in [-0.05, 0) is 24.6 Å². The minimum Gasteiger partial charge on any atom is -0.330 e. The topological polar surface area (TPSA) is 86.2 Å². The lowest BCUT2D eigenvalue weighted by atomic mass is 9.99. The molecule has 4 nitrogen and oxygen atoms in total. The molecule has 0 aliphatic heterocycles. The van der Waals surface area contributed by atoms with E-state index in [0.717, 1.165) is 11.1 Å². The van der Waals surface area contributed by atoms with Crippen molar-refractivity contribution in [3.8, 4) is 0 Å². The van der Waals surface area contributed by atoms with E-state index < -0.39 is 20.5 Å². The fourth-order valence-corrected chi connectivity index (χ4v) is 6.04. The molecule has 122 valence electrons. The first kappa shape index (κ1) is 16.2. The maximum absolute atomic E-state index is 13.1. The molecule has 2 aromatic rings. The molecule has 0 amide bonds. The van der Waals surface area contributed by atoms with Crippen molar-refractivity contribution in [1.29, 1.82) is 0 Å². The smallest absolute Gasteiger partial charge is 0.182 e. The van der Waals surface area contributed by atoms with Crippen LogP contribution in [0.5, 0.6) is 0 Å². The first-order valence-electron chi connectivity index (χ1n) is 7.73. The summed E-state index contributed by atoms with van der Waals surface area (Å²) in [7, 11) is -3.47. The van der Waals surface area contributed by atoms with Crippen molar-refractivity contribution in [3.63, 3.8) is 0 Å². The number of rotatable bonds is 5. The summed E-state index contributed by atoms with van der Waals surface area (Å²) in [5.74, 6) is -0.150. The molecule has 5 heteroatoms. The minimum absolute atomic E-state index is 0.150. The SMILES string of the molecule is Cc1ccc([C@H]2[C@@H](S(=O)(=O)c3ccccc3)C2(CN)CN)cc1. The number of sulfone groups is 1. The maximum atomic E-state index is 13.1. The van der Waals surface area contributed by atoms with E-state index in [1.807, 2.05) is 37.3 Å². The van der Waals surface area contributed by atoms with E-state index in [1.54, 1.807) is 24.3 Å². The molecule has 2 atom stereocenters. The average Bonchev–Trinajstić information content (AvgIpc) is 3.27. The van der Waals surface area contributed by atoms with Crippen LogP contribution in [0.1, 0.15) is 17.0 Å². The first-order valence-corrected chi connectivity index (χ1v) is 9.27. The van der Waals surface area contributed by atoms with Crippen LogP contribution in [0, 0.1) is 12.3 Å². The van der Waals surface area contributed by atoms with Gasteiger partial charge in [0.15, 0.2) is 9.84 Å². The quantitative estimate of drug-likeness (QED) is 0.876. The van der Waals surface area contributed by atoms with Crippen LogP contribution >= 0.6 is 0 Å². The van der Waals surface area contributed by atoms with Gasteiger partial charge in [0.1, 0.15) is 0 Å². The molecule has 0 aromatic heterocycles. The zero-order chi connectivity index (χ0) is 16.7. The van der Waals surface area contributed by atoms with Gasteiger partial charge in [0.05, 0.1) is 10.1 Å². The second-order valence-corrected chi connectivity index (χ2v) is 8.38. The van der Waals surface area contributed by atoms with Crippen LogP contribution in [0.3, 0.4) is 0 Å². The lowest BCUT2D eigenvalue weighted by Gasteiger charge is -2.13. The van der Waals surface area contributed by atoms with Gasteiger partial charge in [-0.2, -0.15) is 0 Å². The number of aryl methyl sites for hydroxylation is 1. The molecule has 0 spiro atoms. The summed E-state index contributed by atoms with van der Waals surface area (Å²) in [6.07, 6.45) is 0. The highest BCUT2D eigenvalue weighted by Crippen LogP contribution is 2.62. The summed E-state index contributed by atoms with van der Waals surface area (Å²) in [5.41, 5.74) is 13.5. The normalized spacial score (nSPS) is 22.7. The average molecular weight is 330 g/mol. The third kappa shape index (κ3) is 2.49. The Morgan fingerprint density at radius 3 is 2.04 bits per heavy atom. The van der Waals surface area contributed by atoms with E-state index in [0.29, 0.717) is 4.90 Å². The van der Waals surface area contributed by atoms with Crippen molar-refractivity contribution in [1.82, 2.24) is 0 Å². The van der Waals surface area contributed by atoms with Crippen LogP contribution in [-0.2, 0) is 9.84 Å². The Morgan fingerprint density at radius 2 is 1.52 bits per heavy atom. The molecule has 4 N–H and O–H groups in total. The number of nitrogens with two attached hydrogens (primary N) is 2. The van der Waals surface area contributed by atoms with Crippen LogP contribution in [0.4, 0.5) is 0 Å². The molecule has 1 fully saturated rings. The Kier molecular flexibility index (Phi) is 4.04. The van der Waals surface area contributed by atoms with Gasteiger partial charge in [0, 0.05) is 24.4 Å². The van der Waals surface area contributed by atoms with Crippen molar-refractivity contribution >= 4 is 9.84 Å². The Labute approximate surface area is 137 Å². The third-order valence-electron chi connectivity index (χ3n) is 4.98. The molecule has 23 heavy (non-hydrogen) atoms. The van der Waals surface area contributed by atoms with Gasteiger partial charge >= 0.3 is 0 Å². The molecular weight excluding hydrogens is 308 g/mol. The second kappa shape index (κ2) is 5.74. The number of hydrogen-bond acceptors (Lipinski definition) is 4. The van der Waals surface area contributed by atoms with Gasteiger partial charge in [-0.3, -0.25) is 0 Å². The van der Waals surface area contributed by atoms with Gasteiger partial charge in [-0.1, -0.05) is 48.0 Å². The largest absolute Gasteiger partial charge is 0.330 e. The van der Waals surface area contributed by atoms with Gasteiger partial charge < -0.3 is 11.5 Å². The molecule has 0 heterocycles. The highest BCUT2D eigenvalue weighted by molar-refractivity contribution is 7.92. The van der Waals surface area contributed by atoms with Crippen molar-refractivity contribution < 1.29 is 8.42 Å². The highest BCUT2D eigenvalue weighted by atomic mass is 32.2. The fourth-order valence-electron chi connectivity index (χ4n) is 3.55. The Balaban J connectivity index is 2.05. The lowest BCUT2D eigenvalue weighted by Crippen LogP contribution is -2.31. The van der Waals surface area contributed by atoms with Gasteiger partial charge in [-0.15, -0.1) is 0 Å². The molecule has 0 unspecified atom stereocenters. The predicted molar refractivity (Wildman–Crippen MR) is 91.9 cm³/mol. The van der Waals surface area contributed by atoms with Crippen LogP contribution in [0.2, 0.25) is 0 Å². The summed E-state index contributed by atoms with van der Waals surface area (Å²) in [5, 5.41) is -0.560. The van der Waals surface area contributed by atoms with E-state index in [1.165, 1.54) is 0 Å². The monoisotopic (exact) mass is 330 g/mol. The summed E-state index contributed by atoms with van der Waals surface area (Å²) in [6, 6.07) is 16.5. The first-order chi connectivity index (χ1) is 11.0. The van der Waals surface area contributed by atoms with E-state index in [-0.39, 0.29) is 19.0 Å². The maximum Gasteiger partial charge on any atom is 0.182 e. The van der Waals surface area contributed by atoms with Crippen LogP contribution in [0.15, 0.2) is 59.5 Å². The van der Waals surface area contributed by atoms with Crippen LogP contribution in [-0.4, -0.2) is 26.8 Å². The van der Waals surface area contributed by atoms with E-state index in [9.17, 15) is 8.42 Å². The number of benzene rings is 2. The lowest BCUT2D eigenvalue weighted by molar-refractivity contribution is 0.510. The summed E-state index contributed by atoms with van der Waals surface area (Å²) < 4.78 is 26.1. The second-order valence-electron chi connectivity index (χ2n) is 6.31. The summed E-state index contributed by atoms with van der Waals surface area (Å²) in [6.45, 7) is 2.53. The Morgan fingerprint density at radius 1 is 0.957 bits per heavy atom. The van der Waals surface area contributed by atoms with Gasteiger partial charge in [0.25, 0.3) is 0 Å².